The van der Waals surface area contributed by atoms with Gasteiger partial charge in [0.25, 0.3) is 5.91 Å². The number of benzene rings is 3. The summed E-state index contributed by atoms with van der Waals surface area (Å²) in [5.41, 5.74) is 4.13. The fourth-order valence-corrected chi connectivity index (χ4v) is 4.99. The molecule has 0 aliphatic carbocycles. The number of hydrogen-bond acceptors (Lipinski definition) is 4. The van der Waals surface area contributed by atoms with Gasteiger partial charge in [0.2, 0.25) is 5.91 Å². The number of thioether (sulfide) groups is 1. The highest BCUT2D eigenvalue weighted by molar-refractivity contribution is 8.05. The zero-order valence-electron chi connectivity index (χ0n) is 18.4. The van der Waals surface area contributed by atoms with E-state index >= 15 is 0 Å². The molecule has 1 aliphatic rings. The molecule has 3 aromatic rings. The molecule has 1 unspecified atom stereocenters. The Morgan fingerprint density at radius 2 is 1.70 bits per heavy atom. The van der Waals surface area contributed by atoms with Crippen molar-refractivity contribution in [1.82, 2.24) is 0 Å². The molecule has 0 radical (unpaired) electrons. The summed E-state index contributed by atoms with van der Waals surface area (Å²) in [6.07, 6.45) is 0.508. The Labute approximate surface area is 197 Å². The number of amides is 2. The molecule has 1 heterocycles. The van der Waals surface area contributed by atoms with Crippen LogP contribution in [0.1, 0.15) is 16.7 Å². The van der Waals surface area contributed by atoms with Crippen molar-refractivity contribution < 1.29 is 9.59 Å². The van der Waals surface area contributed by atoms with Crippen LogP contribution in [0.3, 0.4) is 0 Å². The SMILES string of the molecule is Cc1ccc(C)c(NC(=O)/C(C#N)=C2/SC(Cc3ccccc3)C(=O)N2c2ccccc2)c1. The van der Waals surface area contributed by atoms with Crippen LogP contribution in [0.25, 0.3) is 0 Å². The number of hydrogen-bond donors (Lipinski definition) is 1. The molecule has 1 saturated heterocycles. The molecule has 0 saturated carbocycles. The topological polar surface area (TPSA) is 73.2 Å². The Bertz CT molecular complexity index is 1260. The first-order chi connectivity index (χ1) is 16.0. The molecular weight excluding hydrogens is 430 g/mol. The van der Waals surface area contributed by atoms with Crippen LogP contribution in [-0.4, -0.2) is 17.1 Å². The maximum atomic E-state index is 13.5. The Morgan fingerprint density at radius 1 is 1.03 bits per heavy atom. The first kappa shape index (κ1) is 22.4. The zero-order chi connectivity index (χ0) is 23.4. The van der Waals surface area contributed by atoms with Gasteiger partial charge < -0.3 is 5.32 Å². The van der Waals surface area contributed by atoms with Crippen molar-refractivity contribution in [3.63, 3.8) is 0 Å². The molecule has 1 aliphatic heterocycles. The first-order valence-corrected chi connectivity index (χ1v) is 11.5. The van der Waals surface area contributed by atoms with E-state index in [0.717, 1.165) is 16.7 Å². The number of para-hydroxylation sites is 1. The predicted molar refractivity (Wildman–Crippen MR) is 133 cm³/mol. The lowest BCUT2D eigenvalue weighted by Crippen LogP contribution is -2.30. The van der Waals surface area contributed by atoms with Crippen molar-refractivity contribution in [1.29, 1.82) is 5.26 Å². The predicted octanol–water partition coefficient (Wildman–Crippen LogP) is 5.37. The highest BCUT2D eigenvalue weighted by atomic mass is 32.2. The second-order valence-electron chi connectivity index (χ2n) is 7.87. The summed E-state index contributed by atoms with van der Waals surface area (Å²) in [5, 5.41) is 12.8. The molecule has 33 heavy (non-hydrogen) atoms. The van der Waals surface area contributed by atoms with Gasteiger partial charge >= 0.3 is 0 Å². The van der Waals surface area contributed by atoms with Gasteiger partial charge in [-0.2, -0.15) is 5.26 Å². The normalized spacial score (nSPS) is 16.9. The smallest absolute Gasteiger partial charge is 0.269 e. The van der Waals surface area contributed by atoms with Crippen LogP contribution in [0.15, 0.2) is 89.5 Å². The molecule has 1 atom stereocenters. The maximum absolute atomic E-state index is 13.5. The van der Waals surface area contributed by atoms with Gasteiger partial charge in [-0.05, 0) is 55.2 Å². The summed E-state index contributed by atoms with van der Waals surface area (Å²) in [5.74, 6) is -0.667. The van der Waals surface area contributed by atoms with E-state index in [2.05, 4.69) is 11.4 Å². The van der Waals surface area contributed by atoms with E-state index in [1.165, 1.54) is 16.7 Å². The highest BCUT2D eigenvalue weighted by Gasteiger charge is 2.40. The Morgan fingerprint density at radius 3 is 2.36 bits per heavy atom. The van der Waals surface area contributed by atoms with E-state index in [1.807, 2.05) is 80.6 Å². The summed E-state index contributed by atoms with van der Waals surface area (Å²) in [6, 6.07) is 26.7. The van der Waals surface area contributed by atoms with Gasteiger partial charge in [-0.25, -0.2) is 0 Å². The first-order valence-electron chi connectivity index (χ1n) is 10.6. The molecule has 164 valence electrons. The average Bonchev–Trinajstić information content (AvgIpc) is 3.13. The minimum absolute atomic E-state index is 0.0753. The highest BCUT2D eigenvalue weighted by Crippen LogP contribution is 2.42. The number of carbonyl (C=O) groups is 2. The molecule has 3 aromatic carbocycles. The molecule has 0 aromatic heterocycles. The van der Waals surface area contributed by atoms with Crippen molar-refractivity contribution in [3.8, 4) is 6.07 Å². The number of aryl methyl sites for hydroxylation is 2. The van der Waals surface area contributed by atoms with Gasteiger partial charge in [-0.15, -0.1) is 0 Å². The second kappa shape index (κ2) is 9.76. The van der Waals surface area contributed by atoms with E-state index in [4.69, 9.17) is 0 Å². The number of nitrogens with zero attached hydrogens (tertiary/aromatic N) is 2. The lowest BCUT2D eigenvalue weighted by molar-refractivity contribution is -0.117. The molecule has 0 spiro atoms. The molecule has 1 N–H and O–H groups in total. The van der Waals surface area contributed by atoms with E-state index < -0.39 is 11.2 Å². The van der Waals surface area contributed by atoms with E-state index in [1.54, 1.807) is 12.1 Å². The van der Waals surface area contributed by atoms with E-state index in [0.29, 0.717) is 22.8 Å². The third-order valence-corrected chi connectivity index (χ3v) is 6.69. The van der Waals surface area contributed by atoms with Crippen LogP contribution in [0.4, 0.5) is 11.4 Å². The number of nitriles is 1. The van der Waals surface area contributed by atoms with Crippen LogP contribution in [0, 0.1) is 25.2 Å². The largest absolute Gasteiger partial charge is 0.321 e. The molecular formula is C27H23N3O2S. The minimum atomic E-state index is -0.525. The molecule has 4 rings (SSSR count). The second-order valence-corrected chi connectivity index (χ2v) is 9.06. The minimum Gasteiger partial charge on any atom is -0.321 e. The van der Waals surface area contributed by atoms with Crippen LogP contribution >= 0.6 is 11.8 Å². The zero-order valence-corrected chi connectivity index (χ0v) is 19.2. The van der Waals surface area contributed by atoms with Crippen molar-refractivity contribution in [3.05, 3.63) is 106 Å². The summed E-state index contributed by atoms with van der Waals surface area (Å²) in [4.78, 5) is 28.2. The molecule has 1 fully saturated rings. The van der Waals surface area contributed by atoms with Gasteiger partial charge in [0.1, 0.15) is 16.7 Å². The number of nitrogens with one attached hydrogen (secondary N) is 1. The average molecular weight is 454 g/mol. The monoisotopic (exact) mass is 453 g/mol. The van der Waals surface area contributed by atoms with Crippen molar-refractivity contribution in [2.45, 2.75) is 25.5 Å². The molecule has 5 nitrogen and oxygen atoms in total. The van der Waals surface area contributed by atoms with Crippen molar-refractivity contribution in [2.24, 2.45) is 0 Å². The van der Waals surface area contributed by atoms with Gasteiger partial charge in [0, 0.05) is 11.4 Å². The quantitative estimate of drug-likeness (QED) is 0.416. The van der Waals surface area contributed by atoms with Crippen LogP contribution in [0.5, 0.6) is 0 Å². The van der Waals surface area contributed by atoms with Crippen LogP contribution < -0.4 is 10.2 Å². The van der Waals surface area contributed by atoms with E-state index in [9.17, 15) is 14.9 Å². The van der Waals surface area contributed by atoms with Crippen molar-refractivity contribution in [2.75, 3.05) is 10.2 Å². The van der Waals surface area contributed by atoms with Crippen LogP contribution in [0.2, 0.25) is 0 Å². The fraction of sp³-hybridized carbons (Fsp3) is 0.148. The Hall–Kier alpha value is -3.82. The van der Waals surface area contributed by atoms with Crippen LogP contribution in [-0.2, 0) is 16.0 Å². The third kappa shape index (κ3) is 4.84. The van der Waals surface area contributed by atoms with E-state index in [-0.39, 0.29) is 11.5 Å². The fourth-order valence-electron chi connectivity index (χ4n) is 3.68. The number of anilines is 2. The van der Waals surface area contributed by atoms with Crippen molar-refractivity contribution >= 4 is 35.0 Å². The summed E-state index contributed by atoms with van der Waals surface area (Å²) >= 11 is 1.27. The summed E-state index contributed by atoms with van der Waals surface area (Å²) in [6.45, 7) is 3.84. The molecule has 2 amide bonds. The van der Waals surface area contributed by atoms with Gasteiger partial charge in [0.05, 0.1) is 5.25 Å². The summed E-state index contributed by atoms with van der Waals surface area (Å²) < 4.78 is 0. The Kier molecular flexibility index (Phi) is 6.62. The maximum Gasteiger partial charge on any atom is 0.269 e. The molecule has 6 heteroatoms. The van der Waals surface area contributed by atoms with Gasteiger partial charge in [-0.1, -0.05) is 72.4 Å². The summed E-state index contributed by atoms with van der Waals surface area (Å²) in [7, 11) is 0. The molecule has 0 bridgehead atoms. The number of rotatable bonds is 5. The van der Waals surface area contributed by atoms with Gasteiger partial charge in [0.15, 0.2) is 0 Å². The lowest BCUT2D eigenvalue weighted by atomic mass is 10.1. The Balaban J connectivity index is 1.73. The van der Waals surface area contributed by atoms with Gasteiger partial charge in [-0.3, -0.25) is 14.5 Å². The third-order valence-electron chi connectivity index (χ3n) is 5.43. The number of carbonyl (C=O) groups excluding carboxylic acids is 2. The lowest BCUT2D eigenvalue weighted by Gasteiger charge is -2.19. The standard InChI is InChI=1S/C27H23N3O2S/c1-18-13-14-19(2)23(15-18)29-25(31)22(17-28)27-30(21-11-7-4-8-12-21)26(32)24(33-27)16-20-9-5-3-6-10-20/h3-15,24H,16H2,1-2H3,(H,29,31)/b27-22+.